The number of ketones is 2. The molecule has 5 N–H and O–H groups in total. The van der Waals surface area contributed by atoms with Gasteiger partial charge >= 0.3 is 5.97 Å². The van der Waals surface area contributed by atoms with Gasteiger partial charge in [0.2, 0.25) is 6.29 Å². The van der Waals surface area contributed by atoms with Crippen molar-refractivity contribution < 1.29 is 54.1 Å². The fourth-order valence-corrected chi connectivity index (χ4v) is 7.66. The molecule has 0 radical (unpaired) electrons. The Kier molecular flexibility index (Phi) is 10.3. The lowest BCUT2D eigenvalue weighted by Crippen LogP contribution is -2.58. The molecule has 0 aromatic heterocycles. The van der Waals surface area contributed by atoms with Crippen molar-refractivity contribution in [2.45, 2.75) is 88.7 Å². The number of ether oxygens (including phenoxy) is 3. The summed E-state index contributed by atoms with van der Waals surface area (Å²) >= 11 is 0. The van der Waals surface area contributed by atoms with E-state index in [1.165, 1.54) is 32.0 Å². The molecule has 11 heteroatoms. The smallest absolute Gasteiger partial charge is 0.308 e. The summed E-state index contributed by atoms with van der Waals surface area (Å²) in [5.74, 6) is -2.55. The number of benzene rings is 4. The van der Waals surface area contributed by atoms with Crippen LogP contribution in [0.4, 0.5) is 0 Å². The third kappa shape index (κ3) is 6.97. The Morgan fingerprint density at radius 2 is 1.56 bits per heavy atom. The van der Waals surface area contributed by atoms with Crippen molar-refractivity contribution in [2.24, 2.45) is 0 Å². The molecular formula is C43H42O11. The summed E-state index contributed by atoms with van der Waals surface area (Å²) in [7, 11) is 0. The number of esters is 1. The number of hydrogen-bond donors (Lipinski definition) is 5. The Bertz CT molecular complexity index is 2130. The van der Waals surface area contributed by atoms with E-state index in [1.54, 1.807) is 24.3 Å². The number of carbonyl (C=O) groups excluding carboxylic acids is 3. The number of phenols is 1. The second kappa shape index (κ2) is 14.9. The average molecular weight is 735 g/mol. The van der Waals surface area contributed by atoms with Crippen LogP contribution in [0.15, 0.2) is 72.8 Å². The van der Waals surface area contributed by atoms with Crippen molar-refractivity contribution >= 4 is 29.7 Å². The molecule has 0 spiro atoms. The van der Waals surface area contributed by atoms with Crippen LogP contribution in [0, 0.1) is 0 Å². The van der Waals surface area contributed by atoms with E-state index >= 15 is 0 Å². The molecule has 1 saturated carbocycles. The molecule has 1 heterocycles. The van der Waals surface area contributed by atoms with E-state index in [2.05, 4.69) is 0 Å². The highest BCUT2D eigenvalue weighted by Crippen LogP contribution is 2.45. The standard InChI is InChI=1S/C43H42O11/c1-23-36(45)40(49)41(50)42(52-23)54-33-22-31-35(38(47)30(33)21-26-12-9-13-27(20-26)43(51)18-7-4-8-19-43)37(46)29-16-17-32(53-24(2)44)28(34(29)39(31)48)15-14-25-10-5-3-6-11-25/h3,5-6,9-17,20,22-23,36,40-42,45,47,49-51H,4,7-8,18-19,21H2,1-2H3/b15-14+/t23-,36+,40+,41+,42+/m0/s1. The normalized spacial score (nSPS) is 23.5. The predicted octanol–water partition coefficient (Wildman–Crippen LogP) is 5.21. The first-order chi connectivity index (χ1) is 25.9. The topological polar surface area (TPSA) is 180 Å². The summed E-state index contributed by atoms with van der Waals surface area (Å²) < 4.78 is 17.4. The van der Waals surface area contributed by atoms with Gasteiger partial charge in [-0.15, -0.1) is 0 Å². The molecule has 4 aromatic carbocycles. The molecule has 2 fully saturated rings. The summed E-state index contributed by atoms with van der Waals surface area (Å²) in [6.45, 7) is 2.71. The fourth-order valence-electron chi connectivity index (χ4n) is 7.66. The van der Waals surface area contributed by atoms with E-state index in [-0.39, 0.29) is 51.3 Å². The van der Waals surface area contributed by atoms with Crippen molar-refractivity contribution in [3.8, 4) is 17.2 Å². The summed E-state index contributed by atoms with van der Waals surface area (Å²) in [4.78, 5) is 41.1. The van der Waals surface area contributed by atoms with Crippen molar-refractivity contribution in [2.75, 3.05) is 0 Å². The number of aromatic hydroxyl groups is 1. The molecule has 0 amide bonds. The maximum atomic E-state index is 14.6. The third-order valence-electron chi connectivity index (χ3n) is 10.6. The largest absolute Gasteiger partial charge is 0.507 e. The van der Waals surface area contributed by atoms with E-state index in [9.17, 15) is 39.9 Å². The Morgan fingerprint density at radius 1 is 0.833 bits per heavy atom. The Balaban J connectivity index is 1.36. The molecule has 0 unspecified atom stereocenters. The maximum absolute atomic E-state index is 14.6. The van der Waals surface area contributed by atoms with Gasteiger partial charge in [-0.25, -0.2) is 0 Å². The van der Waals surface area contributed by atoms with Gasteiger partial charge in [-0.05, 0) is 60.7 Å². The van der Waals surface area contributed by atoms with E-state index in [0.717, 1.165) is 30.4 Å². The van der Waals surface area contributed by atoms with Gasteiger partial charge in [0.1, 0.15) is 35.6 Å². The molecule has 11 nitrogen and oxygen atoms in total. The molecule has 54 heavy (non-hydrogen) atoms. The van der Waals surface area contributed by atoms with Crippen LogP contribution < -0.4 is 9.47 Å². The maximum Gasteiger partial charge on any atom is 0.308 e. The third-order valence-corrected chi connectivity index (χ3v) is 10.6. The highest BCUT2D eigenvalue weighted by atomic mass is 16.7. The van der Waals surface area contributed by atoms with Crippen molar-refractivity contribution in [3.63, 3.8) is 0 Å². The number of hydrogen-bond acceptors (Lipinski definition) is 11. The molecule has 1 aliphatic heterocycles. The van der Waals surface area contributed by atoms with Gasteiger partial charge in [0.05, 0.1) is 17.3 Å². The van der Waals surface area contributed by atoms with Gasteiger partial charge in [-0.2, -0.15) is 0 Å². The van der Waals surface area contributed by atoms with Crippen LogP contribution in [-0.2, 0) is 21.6 Å². The lowest BCUT2D eigenvalue weighted by molar-refractivity contribution is -0.268. The minimum atomic E-state index is -1.72. The summed E-state index contributed by atoms with van der Waals surface area (Å²) in [5.41, 5.74) is 0.895. The molecule has 7 rings (SSSR count). The first kappa shape index (κ1) is 37.2. The monoisotopic (exact) mass is 734 g/mol. The van der Waals surface area contributed by atoms with Gasteiger partial charge < -0.3 is 39.7 Å². The number of aliphatic hydroxyl groups is 4. The molecular weight excluding hydrogens is 692 g/mol. The summed E-state index contributed by atoms with van der Waals surface area (Å²) in [6.07, 6.45) is 0.0561. The van der Waals surface area contributed by atoms with Gasteiger partial charge in [-0.1, -0.05) is 79.9 Å². The van der Waals surface area contributed by atoms with Crippen molar-refractivity contribution in [3.05, 3.63) is 123 Å². The quantitative estimate of drug-likeness (QED) is 0.0803. The van der Waals surface area contributed by atoms with Gasteiger partial charge in [-0.3, -0.25) is 14.4 Å². The zero-order valence-corrected chi connectivity index (χ0v) is 29.9. The SMILES string of the molecule is CC(=O)Oc1ccc2c(c1/C=C/c1ccccc1)C(=O)c1cc(O[C@H]3O[C@@H](C)[C@@H](O)[C@@H](O)[C@H]3O)c(Cc3cccc(C4(O)CCCCC4)c3)c(O)c1C2=O. The number of carbonyl (C=O) groups is 3. The predicted molar refractivity (Wildman–Crippen MR) is 197 cm³/mol. The lowest BCUT2D eigenvalue weighted by atomic mass is 9.78. The van der Waals surface area contributed by atoms with Crippen LogP contribution in [0.3, 0.4) is 0 Å². The molecule has 5 atom stereocenters. The first-order valence-corrected chi connectivity index (χ1v) is 18.1. The van der Waals surface area contributed by atoms with Crippen LogP contribution in [0.1, 0.15) is 106 Å². The van der Waals surface area contributed by atoms with E-state index < -0.39 is 59.6 Å². The fraction of sp³-hybridized carbons (Fsp3) is 0.326. The second-order valence-corrected chi connectivity index (χ2v) is 14.3. The summed E-state index contributed by atoms with van der Waals surface area (Å²) in [5, 5.41) is 55.3. The van der Waals surface area contributed by atoms with Gasteiger partial charge in [0.15, 0.2) is 11.6 Å². The van der Waals surface area contributed by atoms with Crippen LogP contribution in [0.5, 0.6) is 17.2 Å². The van der Waals surface area contributed by atoms with Crippen molar-refractivity contribution in [1.82, 2.24) is 0 Å². The van der Waals surface area contributed by atoms with E-state index in [4.69, 9.17) is 14.2 Å². The molecule has 4 aromatic rings. The van der Waals surface area contributed by atoms with Crippen LogP contribution in [0.25, 0.3) is 12.2 Å². The minimum Gasteiger partial charge on any atom is -0.507 e. The van der Waals surface area contributed by atoms with Crippen LogP contribution >= 0.6 is 0 Å². The molecule has 1 saturated heterocycles. The van der Waals surface area contributed by atoms with Crippen LogP contribution in [-0.4, -0.2) is 73.8 Å². The van der Waals surface area contributed by atoms with Gasteiger partial charge in [0, 0.05) is 41.2 Å². The number of rotatable bonds is 8. The number of fused-ring (bicyclic) bond motifs is 2. The second-order valence-electron chi connectivity index (χ2n) is 14.3. The highest BCUT2D eigenvalue weighted by molar-refractivity contribution is 6.31. The van der Waals surface area contributed by atoms with E-state index in [0.29, 0.717) is 18.4 Å². The zero-order chi connectivity index (χ0) is 38.3. The van der Waals surface area contributed by atoms with E-state index in [1.807, 2.05) is 42.5 Å². The molecule has 3 aliphatic rings. The Hall–Kier alpha value is -5.17. The molecule has 0 bridgehead atoms. The minimum absolute atomic E-state index is 0.00970. The number of phenolic OH excluding ortho intramolecular Hbond substituents is 1. The Morgan fingerprint density at radius 3 is 2.28 bits per heavy atom. The van der Waals surface area contributed by atoms with Crippen LogP contribution in [0.2, 0.25) is 0 Å². The molecule has 280 valence electrons. The first-order valence-electron chi connectivity index (χ1n) is 18.1. The molecule has 2 aliphatic carbocycles. The zero-order valence-electron chi connectivity index (χ0n) is 29.9. The van der Waals surface area contributed by atoms with Gasteiger partial charge in [0.25, 0.3) is 0 Å². The lowest BCUT2D eigenvalue weighted by Gasteiger charge is -2.39. The average Bonchev–Trinajstić information content (AvgIpc) is 3.16. The summed E-state index contributed by atoms with van der Waals surface area (Å²) in [6, 6.07) is 20.6. The van der Waals surface area contributed by atoms with Crippen molar-refractivity contribution in [1.29, 1.82) is 0 Å². The number of aliphatic hydroxyl groups excluding tert-OH is 3. The Labute approximate surface area is 312 Å². The highest BCUT2D eigenvalue weighted by Gasteiger charge is 2.44.